The van der Waals surface area contributed by atoms with Crippen LogP contribution in [0.2, 0.25) is 0 Å². The molecule has 80 valence electrons. The van der Waals surface area contributed by atoms with Crippen molar-refractivity contribution in [3.63, 3.8) is 0 Å². The smallest absolute Gasteiger partial charge is 0.330 e. The van der Waals surface area contributed by atoms with Gasteiger partial charge in [0.05, 0.1) is 7.11 Å². The van der Waals surface area contributed by atoms with Crippen molar-refractivity contribution in [3.8, 4) is 0 Å². The minimum atomic E-state index is -0.368. The fraction of sp³-hybridized carbons (Fsp3) is 0.0769. The van der Waals surface area contributed by atoms with Gasteiger partial charge >= 0.3 is 5.97 Å². The van der Waals surface area contributed by atoms with E-state index in [4.69, 9.17) is 0 Å². The maximum atomic E-state index is 11.0. The zero-order valence-corrected chi connectivity index (χ0v) is 8.88. The molecule has 0 N–H and O–H groups in total. The number of pyridine rings is 1. The molecule has 0 radical (unpaired) electrons. The van der Waals surface area contributed by atoms with Crippen LogP contribution >= 0.6 is 0 Å². The van der Waals surface area contributed by atoms with Crippen LogP contribution in [0.25, 0.3) is 16.8 Å². The number of methoxy groups -OCH3 is 1. The maximum absolute atomic E-state index is 11.0. The van der Waals surface area contributed by atoms with E-state index >= 15 is 0 Å². The molecule has 0 spiro atoms. The lowest BCUT2D eigenvalue weighted by Gasteiger charge is -2.00. The molecule has 16 heavy (non-hydrogen) atoms. The van der Waals surface area contributed by atoms with Gasteiger partial charge in [0.15, 0.2) is 0 Å². The third-order valence-electron chi connectivity index (χ3n) is 2.30. The zero-order valence-electron chi connectivity index (χ0n) is 8.88. The lowest BCUT2D eigenvalue weighted by molar-refractivity contribution is -0.134. The van der Waals surface area contributed by atoms with Gasteiger partial charge in [0.25, 0.3) is 0 Å². The number of rotatable bonds is 2. The fourth-order valence-corrected chi connectivity index (χ4v) is 1.50. The molecule has 3 nitrogen and oxygen atoms in total. The van der Waals surface area contributed by atoms with Crippen molar-refractivity contribution < 1.29 is 9.53 Å². The Morgan fingerprint density at radius 2 is 2.12 bits per heavy atom. The summed E-state index contributed by atoms with van der Waals surface area (Å²) >= 11 is 0. The second-order valence-corrected chi connectivity index (χ2v) is 3.31. The van der Waals surface area contributed by atoms with Crippen molar-refractivity contribution in [2.75, 3.05) is 7.11 Å². The SMILES string of the molecule is COC(=O)/C=C/c1cncc2ccccc12. The molecule has 1 aromatic heterocycles. The molecule has 1 heterocycles. The summed E-state index contributed by atoms with van der Waals surface area (Å²) in [4.78, 5) is 15.1. The zero-order chi connectivity index (χ0) is 11.4. The van der Waals surface area contributed by atoms with Crippen LogP contribution in [0.15, 0.2) is 42.7 Å². The lowest BCUT2D eigenvalue weighted by atomic mass is 10.1. The van der Waals surface area contributed by atoms with Crippen molar-refractivity contribution in [1.29, 1.82) is 0 Å². The normalized spacial score (nSPS) is 10.8. The Morgan fingerprint density at radius 3 is 2.94 bits per heavy atom. The third kappa shape index (κ3) is 2.08. The van der Waals surface area contributed by atoms with Gasteiger partial charge in [-0.3, -0.25) is 4.98 Å². The van der Waals surface area contributed by atoms with Gasteiger partial charge in [-0.05, 0) is 11.5 Å². The van der Waals surface area contributed by atoms with E-state index in [-0.39, 0.29) is 5.97 Å². The van der Waals surface area contributed by atoms with Crippen LogP contribution in [0.3, 0.4) is 0 Å². The van der Waals surface area contributed by atoms with Crippen molar-refractivity contribution in [2.45, 2.75) is 0 Å². The van der Waals surface area contributed by atoms with Crippen LogP contribution in [0, 0.1) is 0 Å². The Labute approximate surface area is 93.4 Å². The molecule has 0 atom stereocenters. The number of carbonyl (C=O) groups excluding carboxylic acids is 1. The molecule has 2 rings (SSSR count). The summed E-state index contributed by atoms with van der Waals surface area (Å²) in [6, 6.07) is 7.89. The molecule has 0 saturated heterocycles. The molecule has 0 aliphatic carbocycles. The lowest BCUT2D eigenvalue weighted by Crippen LogP contribution is -1.93. The Bertz CT molecular complexity index is 541. The highest BCUT2D eigenvalue weighted by Gasteiger charge is 1.98. The first-order chi connectivity index (χ1) is 7.81. The predicted octanol–water partition coefficient (Wildman–Crippen LogP) is 2.42. The van der Waals surface area contributed by atoms with Gasteiger partial charge in [-0.15, -0.1) is 0 Å². The van der Waals surface area contributed by atoms with Gasteiger partial charge in [-0.25, -0.2) is 4.79 Å². The highest BCUT2D eigenvalue weighted by Crippen LogP contribution is 2.17. The first kappa shape index (κ1) is 10.4. The first-order valence-electron chi connectivity index (χ1n) is 4.90. The molecule has 0 bridgehead atoms. The molecule has 3 heteroatoms. The van der Waals surface area contributed by atoms with E-state index in [1.807, 2.05) is 24.3 Å². The van der Waals surface area contributed by atoms with Gasteiger partial charge in [0, 0.05) is 29.4 Å². The summed E-state index contributed by atoms with van der Waals surface area (Å²) in [5, 5.41) is 2.12. The molecule has 2 aromatic rings. The summed E-state index contributed by atoms with van der Waals surface area (Å²) in [6.07, 6.45) is 6.62. The molecule has 0 fully saturated rings. The number of hydrogen-bond acceptors (Lipinski definition) is 3. The average Bonchev–Trinajstić information content (AvgIpc) is 2.35. The molecule has 0 aliphatic heterocycles. The van der Waals surface area contributed by atoms with E-state index in [9.17, 15) is 4.79 Å². The van der Waals surface area contributed by atoms with Crippen molar-refractivity contribution >= 4 is 22.8 Å². The topological polar surface area (TPSA) is 39.2 Å². The summed E-state index contributed by atoms with van der Waals surface area (Å²) in [7, 11) is 1.36. The van der Waals surface area contributed by atoms with E-state index in [2.05, 4.69) is 9.72 Å². The third-order valence-corrected chi connectivity index (χ3v) is 2.30. The number of aromatic nitrogens is 1. The average molecular weight is 213 g/mol. The molecular formula is C13H11NO2. The minimum absolute atomic E-state index is 0.368. The number of ether oxygens (including phenoxy) is 1. The molecule has 0 aliphatic rings. The van der Waals surface area contributed by atoms with E-state index in [1.165, 1.54) is 13.2 Å². The molecule has 1 aromatic carbocycles. The van der Waals surface area contributed by atoms with E-state index in [1.54, 1.807) is 18.5 Å². The van der Waals surface area contributed by atoms with Gasteiger partial charge in [-0.2, -0.15) is 0 Å². The van der Waals surface area contributed by atoms with Crippen LogP contribution in [-0.2, 0) is 9.53 Å². The number of nitrogens with zero attached hydrogens (tertiary/aromatic N) is 1. The maximum Gasteiger partial charge on any atom is 0.330 e. The fourth-order valence-electron chi connectivity index (χ4n) is 1.50. The van der Waals surface area contributed by atoms with Crippen molar-refractivity contribution in [2.24, 2.45) is 0 Å². The van der Waals surface area contributed by atoms with Crippen molar-refractivity contribution in [1.82, 2.24) is 4.98 Å². The van der Waals surface area contributed by atoms with Crippen LogP contribution in [0.4, 0.5) is 0 Å². The second-order valence-electron chi connectivity index (χ2n) is 3.31. The van der Waals surface area contributed by atoms with Crippen LogP contribution in [0.5, 0.6) is 0 Å². The summed E-state index contributed by atoms with van der Waals surface area (Å²) in [5.41, 5.74) is 0.906. The largest absolute Gasteiger partial charge is 0.466 e. The monoisotopic (exact) mass is 213 g/mol. The first-order valence-corrected chi connectivity index (χ1v) is 4.90. The van der Waals surface area contributed by atoms with Gasteiger partial charge in [-0.1, -0.05) is 24.3 Å². The number of esters is 1. The Balaban J connectivity index is 2.45. The molecular weight excluding hydrogens is 202 g/mol. The molecule has 0 saturated carbocycles. The van der Waals surface area contributed by atoms with Crippen LogP contribution in [-0.4, -0.2) is 18.1 Å². The van der Waals surface area contributed by atoms with Crippen molar-refractivity contribution in [3.05, 3.63) is 48.3 Å². The number of hydrogen-bond donors (Lipinski definition) is 0. The Morgan fingerprint density at radius 1 is 1.31 bits per heavy atom. The highest BCUT2D eigenvalue weighted by molar-refractivity contribution is 5.94. The number of carbonyl (C=O) groups is 1. The number of fused-ring (bicyclic) bond motifs is 1. The van der Waals surface area contributed by atoms with E-state index < -0.39 is 0 Å². The Hall–Kier alpha value is -2.16. The predicted molar refractivity (Wildman–Crippen MR) is 62.8 cm³/mol. The van der Waals surface area contributed by atoms with Gasteiger partial charge < -0.3 is 4.74 Å². The summed E-state index contributed by atoms with van der Waals surface area (Å²) in [6.45, 7) is 0. The second kappa shape index (κ2) is 4.57. The van der Waals surface area contributed by atoms with Crippen LogP contribution in [0.1, 0.15) is 5.56 Å². The Kier molecular flexibility index (Phi) is 2.96. The minimum Gasteiger partial charge on any atom is -0.466 e. The summed E-state index contributed by atoms with van der Waals surface area (Å²) < 4.78 is 4.54. The van der Waals surface area contributed by atoms with E-state index in [0.717, 1.165) is 16.3 Å². The van der Waals surface area contributed by atoms with Gasteiger partial charge in [0.1, 0.15) is 0 Å². The molecule has 0 unspecified atom stereocenters. The molecule has 0 amide bonds. The summed E-state index contributed by atoms with van der Waals surface area (Å²) in [5.74, 6) is -0.368. The highest BCUT2D eigenvalue weighted by atomic mass is 16.5. The quantitative estimate of drug-likeness (QED) is 0.568. The van der Waals surface area contributed by atoms with Gasteiger partial charge in [0.2, 0.25) is 0 Å². The standard InChI is InChI=1S/C13H11NO2/c1-16-13(15)7-6-11-9-14-8-10-4-2-3-5-12(10)11/h2-9H,1H3/b7-6+. The van der Waals surface area contributed by atoms with Crippen LogP contribution < -0.4 is 0 Å². The number of benzene rings is 1. The van der Waals surface area contributed by atoms with E-state index in [0.29, 0.717) is 0 Å².